The maximum Gasteiger partial charge on any atom is 0.348 e. The van der Waals surface area contributed by atoms with Crippen molar-refractivity contribution in [3.63, 3.8) is 0 Å². The summed E-state index contributed by atoms with van der Waals surface area (Å²) in [6.45, 7) is 3.23. The number of hydrogen-bond donors (Lipinski definition) is 0. The van der Waals surface area contributed by atoms with Crippen molar-refractivity contribution in [1.29, 1.82) is 0 Å². The summed E-state index contributed by atoms with van der Waals surface area (Å²) in [4.78, 5) is 24.8. The zero-order chi connectivity index (χ0) is 14.3. The Morgan fingerprint density at radius 3 is 1.81 bits per heavy atom. The minimum absolute atomic E-state index is 0.271. The molecule has 21 heavy (non-hydrogen) atoms. The Kier molecular flexibility index (Phi) is 1.57. The zero-order valence-corrected chi connectivity index (χ0v) is 12.2. The lowest BCUT2D eigenvalue weighted by Gasteiger charge is -2.33. The standard InChI is InChI=1S/C17H18O4/c1-17(2)20-15(18)14(16(19)21-17)13-11-7-3-5-6-4-8(9(5)11)12(13)10(6)7/h5-12H,3-4H2,1-2H3/t5-,6?,7+,8+,9?,10?,11?,12?/m0/s1. The predicted octanol–water partition coefficient (Wildman–Crippen LogP) is 1.90. The van der Waals surface area contributed by atoms with E-state index in [0.29, 0.717) is 11.8 Å². The zero-order valence-electron chi connectivity index (χ0n) is 12.2. The van der Waals surface area contributed by atoms with Crippen LogP contribution in [0.4, 0.5) is 0 Å². The molecule has 4 heteroatoms. The monoisotopic (exact) mass is 286 g/mol. The molecule has 0 N–H and O–H groups in total. The van der Waals surface area contributed by atoms with Gasteiger partial charge in [0.25, 0.3) is 5.79 Å². The summed E-state index contributed by atoms with van der Waals surface area (Å²) in [6.07, 6.45) is 2.67. The summed E-state index contributed by atoms with van der Waals surface area (Å²) >= 11 is 0. The van der Waals surface area contributed by atoms with Gasteiger partial charge in [-0.3, -0.25) is 0 Å². The molecule has 5 unspecified atom stereocenters. The minimum atomic E-state index is -1.13. The highest BCUT2D eigenvalue weighted by atomic mass is 16.7. The number of hydrogen-bond acceptors (Lipinski definition) is 4. The molecule has 0 aromatic carbocycles. The molecular weight excluding hydrogens is 268 g/mol. The van der Waals surface area contributed by atoms with Gasteiger partial charge in [0, 0.05) is 13.8 Å². The molecule has 4 nitrogen and oxygen atoms in total. The summed E-state index contributed by atoms with van der Waals surface area (Å²) in [5.41, 5.74) is 1.42. The fraction of sp³-hybridized carbons (Fsp3) is 0.765. The third-order valence-corrected chi connectivity index (χ3v) is 7.46. The van der Waals surface area contributed by atoms with Crippen molar-refractivity contribution >= 4 is 11.9 Å². The number of carbonyl (C=O) groups excluding carboxylic acids is 2. The molecule has 1 saturated heterocycles. The van der Waals surface area contributed by atoms with E-state index in [1.54, 1.807) is 13.8 Å². The summed E-state index contributed by atoms with van der Waals surface area (Å²) in [7, 11) is 0. The van der Waals surface area contributed by atoms with E-state index in [4.69, 9.17) is 9.47 Å². The molecule has 110 valence electrons. The van der Waals surface area contributed by atoms with Gasteiger partial charge in [-0.25, -0.2) is 9.59 Å². The van der Waals surface area contributed by atoms with Crippen molar-refractivity contribution in [3.8, 4) is 0 Å². The van der Waals surface area contributed by atoms with E-state index < -0.39 is 17.7 Å². The van der Waals surface area contributed by atoms with Gasteiger partial charge in [0.1, 0.15) is 5.57 Å². The van der Waals surface area contributed by atoms with E-state index >= 15 is 0 Å². The van der Waals surface area contributed by atoms with Crippen LogP contribution in [0.15, 0.2) is 11.1 Å². The first-order chi connectivity index (χ1) is 9.98. The summed E-state index contributed by atoms with van der Waals surface area (Å²) in [5, 5.41) is 0. The highest BCUT2D eigenvalue weighted by Gasteiger charge is 2.79. The normalized spacial score (nSPS) is 56.9. The lowest BCUT2D eigenvalue weighted by Crippen LogP contribution is -2.42. The largest absolute Gasteiger partial charge is 0.419 e. The SMILES string of the molecule is CC1(C)OC(=O)C(=C2C3C4[C@H]5C[C@@H]3C3C5C[C@H]4C23)C(=O)O1. The second-order valence-corrected chi connectivity index (χ2v) is 8.34. The van der Waals surface area contributed by atoms with E-state index in [9.17, 15) is 9.59 Å². The molecule has 6 aliphatic carbocycles. The topological polar surface area (TPSA) is 52.6 Å². The van der Waals surface area contributed by atoms with Crippen LogP contribution in [0.2, 0.25) is 0 Å². The minimum Gasteiger partial charge on any atom is -0.419 e. The van der Waals surface area contributed by atoms with E-state index in [-0.39, 0.29) is 5.57 Å². The van der Waals surface area contributed by atoms with Gasteiger partial charge in [-0.2, -0.15) is 0 Å². The maximum atomic E-state index is 12.4. The third-order valence-electron chi connectivity index (χ3n) is 7.46. The lowest BCUT2D eigenvalue weighted by molar-refractivity contribution is -0.222. The van der Waals surface area contributed by atoms with Gasteiger partial charge in [-0.05, 0) is 65.8 Å². The third kappa shape index (κ3) is 0.984. The van der Waals surface area contributed by atoms with Crippen LogP contribution in [0, 0.1) is 47.3 Å². The van der Waals surface area contributed by atoms with Crippen LogP contribution in [-0.4, -0.2) is 17.7 Å². The van der Waals surface area contributed by atoms with Gasteiger partial charge in [0.05, 0.1) is 0 Å². The van der Waals surface area contributed by atoms with E-state index in [0.717, 1.165) is 41.1 Å². The first-order valence-corrected chi connectivity index (χ1v) is 8.19. The second-order valence-electron chi connectivity index (χ2n) is 8.34. The van der Waals surface area contributed by atoms with Gasteiger partial charge in [-0.1, -0.05) is 0 Å². The number of esters is 2. The Hall–Kier alpha value is -1.32. The van der Waals surface area contributed by atoms with Gasteiger partial charge in [0.2, 0.25) is 0 Å². The van der Waals surface area contributed by atoms with Crippen LogP contribution in [0.1, 0.15) is 26.7 Å². The molecule has 0 spiro atoms. The van der Waals surface area contributed by atoms with Crippen molar-refractivity contribution < 1.29 is 19.1 Å². The summed E-state index contributed by atoms with van der Waals surface area (Å²) < 4.78 is 10.7. The fourth-order valence-corrected chi connectivity index (χ4v) is 7.54. The molecule has 7 rings (SSSR count). The quantitative estimate of drug-likeness (QED) is 0.388. The first kappa shape index (κ1) is 11.3. The van der Waals surface area contributed by atoms with Crippen molar-refractivity contribution in [3.05, 3.63) is 11.1 Å². The molecule has 7 fully saturated rings. The van der Waals surface area contributed by atoms with Crippen molar-refractivity contribution in [1.82, 2.24) is 0 Å². The molecule has 8 atom stereocenters. The van der Waals surface area contributed by atoms with Crippen LogP contribution < -0.4 is 0 Å². The molecule has 0 aromatic rings. The van der Waals surface area contributed by atoms with E-state index in [1.165, 1.54) is 12.8 Å². The predicted molar refractivity (Wildman–Crippen MR) is 70.4 cm³/mol. The van der Waals surface area contributed by atoms with Crippen molar-refractivity contribution in [2.24, 2.45) is 47.3 Å². The van der Waals surface area contributed by atoms with Crippen LogP contribution in [0.25, 0.3) is 0 Å². The second kappa shape index (κ2) is 2.92. The first-order valence-electron chi connectivity index (χ1n) is 8.19. The molecule has 7 aliphatic rings. The number of carbonyl (C=O) groups is 2. The Bertz CT molecular complexity index is 608. The van der Waals surface area contributed by atoms with Crippen molar-refractivity contribution in [2.75, 3.05) is 0 Å². The Labute approximate surface area is 122 Å². The molecule has 0 aromatic heterocycles. The van der Waals surface area contributed by atoms with E-state index in [2.05, 4.69) is 0 Å². The number of rotatable bonds is 0. The van der Waals surface area contributed by atoms with Gasteiger partial charge in [-0.15, -0.1) is 0 Å². The Morgan fingerprint density at radius 2 is 1.33 bits per heavy atom. The molecule has 6 bridgehead atoms. The molecule has 6 saturated carbocycles. The van der Waals surface area contributed by atoms with Gasteiger partial charge in [0.15, 0.2) is 0 Å². The molecule has 1 heterocycles. The Balaban J connectivity index is 1.54. The summed E-state index contributed by atoms with van der Waals surface area (Å²) in [5.74, 6) is 3.74. The average Bonchev–Trinajstić information content (AvgIpc) is 3.02. The molecular formula is C17H18O4. The summed E-state index contributed by atoms with van der Waals surface area (Å²) in [6, 6.07) is 0. The Morgan fingerprint density at radius 1 is 0.857 bits per heavy atom. The molecule has 1 aliphatic heterocycles. The number of cyclic esters (lactones) is 2. The van der Waals surface area contributed by atoms with Crippen LogP contribution >= 0.6 is 0 Å². The molecule has 0 radical (unpaired) electrons. The fourth-order valence-electron chi connectivity index (χ4n) is 7.54. The molecule has 0 amide bonds. The highest BCUT2D eigenvalue weighted by molar-refractivity contribution is 6.16. The average molecular weight is 286 g/mol. The smallest absolute Gasteiger partial charge is 0.348 e. The van der Waals surface area contributed by atoms with Crippen LogP contribution in [0.3, 0.4) is 0 Å². The van der Waals surface area contributed by atoms with Crippen LogP contribution in [0.5, 0.6) is 0 Å². The van der Waals surface area contributed by atoms with Crippen LogP contribution in [-0.2, 0) is 19.1 Å². The lowest BCUT2D eigenvalue weighted by atomic mass is 9.71. The van der Waals surface area contributed by atoms with Gasteiger partial charge < -0.3 is 9.47 Å². The van der Waals surface area contributed by atoms with E-state index in [1.807, 2.05) is 0 Å². The van der Waals surface area contributed by atoms with Crippen molar-refractivity contribution in [2.45, 2.75) is 32.5 Å². The number of allylic oxidation sites excluding steroid dienone is 1. The van der Waals surface area contributed by atoms with Gasteiger partial charge >= 0.3 is 11.9 Å². The highest BCUT2D eigenvalue weighted by Crippen LogP contribution is 2.84. The maximum absolute atomic E-state index is 12.4. The number of ether oxygens (including phenoxy) is 2.